The SMILES string of the molecule is C.C.C.CCC=CCCC(C)c1ccccc1. The van der Waals surface area contributed by atoms with E-state index in [2.05, 4.69) is 56.3 Å². The summed E-state index contributed by atoms with van der Waals surface area (Å²) >= 11 is 0. The van der Waals surface area contributed by atoms with Crippen LogP contribution in [0.1, 0.15) is 66.9 Å². The van der Waals surface area contributed by atoms with Gasteiger partial charge in [0, 0.05) is 0 Å². The molecule has 0 nitrogen and oxygen atoms in total. The minimum atomic E-state index is 0. The van der Waals surface area contributed by atoms with E-state index in [-0.39, 0.29) is 22.3 Å². The summed E-state index contributed by atoms with van der Waals surface area (Å²) in [5.74, 6) is 0.678. The fourth-order valence-electron chi connectivity index (χ4n) is 1.58. The van der Waals surface area contributed by atoms with Crippen molar-refractivity contribution < 1.29 is 0 Å². The Labute approximate surface area is 110 Å². The highest BCUT2D eigenvalue weighted by molar-refractivity contribution is 5.18. The van der Waals surface area contributed by atoms with Crippen LogP contribution >= 0.6 is 0 Å². The van der Waals surface area contributed by atoms with Gasteiger partial charge >= 0.3 is 0 Å². The Morgan fingerprint density at radius 2 is 1.59 bits per heavy atom. The molecule has 0 amide bonds. The highest BCUT2D eigenvalue weighted by atomic mass is 14.1. The van der Waals surface area contributed by atoms with Crippen LogP contribution in [-0.4, -0.2) is 0 Å². The molecule has 1 rings (SSSR count). The molecule has 0 saturated heterocycles. The van der Waals surface area contributed by atoms with Gasteiger partial charge in [0.05, 0.1) is 0 Å². The summed E-state index contributed by atoms with van der Waals surface area (Å²) in [5, 5.41) is 0. The lowest BCUT2D eigenvalue weighted by atomic mass is 9.96. The summed E-state index contributed by atoms with van der Waals surface area (Å²) in [6.45, 7) is 4.48. The molecule has 0 aromatic heterocycles. The second-order valence-electron chi connectivity index (χ2n) is 3.77. The maximum atomic E-state index is 2.30. The summed E-state index contributed by atoms with van der Waals surface area (Å²) in [7, 11) is 0. The molecule has 1 aromatic carbocycles. The lowest BCUT2D eigenvalue weighted by molar-refractivity contribution is 0.690. The van der Waals surface area contributed by atoms with Crippen LogP contribution in [0.5, 0.6) is 0 Å². The third-order valence-electron chi connectivity index (χ3n) is 2.54. The van der Waals surface area contributed by atoms with Crippen LogP contribution < -0.4 is 0 Å². The van der Waals surface area contributed by atoms with Crippen LogP contribution in [0.15, 0.2) is 42.5 Å². The van der Waals surface area contributed by atoms with Crippen LogP contribution in [-0.2, 0) is 0 Å². The van der Waals surface area contributed by atoms with Crippen LogP contribution in [0.25, 0.3) is 0 Å². The Morgan fingerprint density at radius 3 is 2.12 bits per heavy atom. The molecule has 17 heavy (non-hydrogen) atoms. The summed E-state index contributed by atoms with van der Waals surface area (Å²) in [6.07, 6.45) is 8.14. The van der Waals surface area contributed by atoms with Gasteiger partial charge in [0.15, 0.2) is 0 Å². The summed E-state index contributed by atoms with van der Waals surface area (Å²) < 4.78 is 0. The van der Waals surface area contributed by atoms with Crippen molar-refractivity contribution >= 4 is 0 Å². The van der Waals surface area contributed by atoms with Crippen LogP contribution in [0, 0.1) is 0 Å². The van der Waals surface area contributed by atoms with Gasteiger partial charge in [0.25, 0.3) is 0 Å². The zero-order valence-electron chi connectivity index (χ0n) is 9.24. The van der Waals surface area contributed by atoms with Gasteiger partial charge in [-0.05, 0) is 30.7 Å². The lowest BCUT2D eigenvalue weighted by Gasteiger charge is -2.09. The minimum absolute atomic E-state index is 0. The van der Waals surface area contributed by atoms with E-state index in [1.54, 1.807) is 0 Å². The predicted molar refractivity (Wildman–Crippen MR) is 83.7 cm³/mol. The van der Waals surface area contributed by atoms with Gasteiger partial charge < -0.3 is 0 Å². The number of benzene rings is 1. The van der Waals surface area contributed by atoms with Crippen molar-refractivity contribution in [3.63, 3.8) is 0 Å². The second-order valence-corrected chi connectivity index (χ2v) is 3.77. The smallest absolute Gasteiger partial charge is 0.0187 e. The van der Waals surface area contributed by atoms with Crippen LogP contribution in [0.4, 0.5) is 0 Å². The Balaban J connectivity index is -0.000000653. The van der Waals surface area contributed by atoms with E-state index in [4.69, 9.17) is 0 Å². The third-order valence-corrected chi connectivity index (χ3v) is 2.54. The molecule has 0 heterocycles. The average Bonchev–Trinajstić information content (AvgIpc) is 2.25. The minimum Gasteiger partial charge on any atom is -0.0888 e. The monoisotopic (exact) mass is 236 g/mol. The van der Waals surface area contributed by atoms with Crippen LogP contribution in [0.2, 0.25) is 0 Å². The zero-order chi connectivity index (χ0) is 10.2. The van der Waals surface area contributed by atoms with E-state index in [9.17, 15) is 0 Å². The van der Waals surface area contributed by atoms with Gasteiger partial charge in [0.1, 0.15) is 0 Å². The molecule has 0 bridgehead atoms. The highest BCUT2D eigenvalue weighted by Crippen LogP contribution is 2.20. The Morgan fingerprint density at radius 1 is 1.00 bits per heavy atom. The highest BCUT2D eigenvalue weighted by Gasteiger charge is 2.02. The summed E-state index contributed by atoms with van der Waals surface area (Å²) in [4.78, 5) is 0. The Kier molecular flexibility index (Phi) is 16.3. The summed E-state index contributed by atoms with van der Waals surface area (Å²) in [5.41, 5.74) is 1.46. The molecule has 0 spiro atoms. The number of hydrogen-bond donors (Lipinski definition) is 0. The van der Waals surface area contributed by atoms with Gasteiger partial charge in [-0.1, -0.05) is 78.6 Å². The normalized spacial score (nSPS) is 10.9. The van der Waals surface area contributed by atoms with Crippen molar-refractivity contribution in [2.24, 2.45) is 0 Å². The molecule has 0 saturated carbocycles. The van der Waals surface area contributed by atoms with E-state index >= 15 is 0 Å². The molecule has 1 atom stereocenters. The van der Waals surface area contributed by atoms with Crippen molar-refractivity contribution in [2.75, 3.05) is 0 Å². The topological polar surface area (TPSA) is 0 Å². The lowest BCUT2D eigenvalue weighted by Crippen LogP contribution is -1.91. The average molecular weight is 236 g/mol. The molecule has 0 fully saturated rings. The Bertz CT molecular complexity index is 259. The van der Waals surface area contributed by atoms with E-state index in [1.807, 2.05) is 0 Å². The fourth-order valence-corrected chi connectivity index (χ4v) is 1.58. The first-order valence-electron chi connectivity index (χ1n) is 5.54. The van der Waals surface area contributed by atoms with Crippen molar-refractivity contribution in [1.29, 1.82) is 0 Å². The quantitative estimate of drug-likeness (QED) is 0.516. The van der Waals surface area contributed by atoms with Gasteiger partial charge in [-0.3, -0.25) is 0 Å². The largest absolute Gasteiger partial charge is 0.0888 e. The van der Waals surface area contributed by atoms with Gasteiger partial charge in [-0.25, -0.2) is 0 Å². The molecule has 0 aliphatic carbocycles. The molecule has 0 aliphatic heterocycles. The first kappa shape index (κ1) is 21.3. The third kappa shape index (κ3) is 8.74. The second kappa shape index (κ2) is 13.0. The van der Waals surface area contributed by atoms with Crippen molar-refractivity contribution in [3.8, 4) is 0 Å². The maximum Gasteiger partial charge on any atom is -0.0187 e. The molecule has 0 radical (unpaired) electrons. The fraction of sp³-hybridized carbons (Fsp3) is 0.529. The standard InChI is InChI=1S/C14H20.3CH4/c1-3-4-5-7-10-13(2)14-11-8-6-9-12-14;;;/h4-6,8-9,11-13H,3,7,10H2,1-2H3;3*1H4. The van der Waals surface area contributed by atoms with Crippen LogP contribution in [0.3, 0.4) is 0 Å². The molecule has 1 aromatic rings. The predicted octanol–water partition coefficient (Wildman–Crippen LogP) is 6.44. The van der Waals surface area contributed by atoms with E-state index < -0.39 is 0 Å². The van der Waals surface area contributed by atoms with Gasteiger partial charge in [-0.15, -0.1) is 0 Å². The number of hydrogen-bond acceptors (Lipinski definition) is 0. The van der Waals surface area contributed by atoms with E-state index in [0.717, 1.165) is 6.42 Å². The molecule has 0 N–H and O–H groups in total. The molecule has 100 valence electrons. The zero-order valence-corrected chi connectivity index (χ0v) is 9.24. The van der Waals surface area contributed by atoms with E-state index in [0.29, 0.717) is 5.92 Å². The molecule has 0 heteroatoms. The number of allylic oxidation sites excluding steroid dienone is 2. The van der Waals surface area contributed by atoms with Gasteiger partial charge in [0.2, 0.25) is 0 Å². The Hall–Kier alpha value is -1.04. The van der Waals surface area contributed by atoms with Crippen molar-refractivity contribution in [1.82, 2.24) is 0 Å². The maximum absolute atomic E-state index is 2.30. The van der Waals surface area contributed by atoms with Crippen molar-refractivity contribution in [3.05, 3.63) is 48.0 Å². The first-order chi connectivity index (χ1) is 6.84. The first-order valence-corrected chi connectivity index (χ1v) is 5.54. The van der Waals surface area contributed by atoms with Crippen molar-refractivity contribution in [2.45, 2.75) is 61.3 Å². The molecular weight excluding hydrogens is 204 g/mol. The molecule has 0 aliphatic rings. The molecular formula is C17H32. The van der Waals surface area contributed by atoms with E-state index in [1.165, 1.54) is 18.4 Å². The number of rotatable bonds is 5. The molecule has 1 unspecified atom stereocenters. The van der Waals surface area contributed by atoms with Gasteiger partial charge in [-0.2, -0.15) is 0 Å². The summed E-state index contributed by atoms with van der Waals surface area (Å²) in [6, 6.07) is 10.7.